The lowest BCUT2D eigenvalue weighted by Gasteiger charge is -2.07. The first-order chi connectivity index (χ1) is 6.20. The summed E-state index contributed by atoms with van der Waals surface area (Å²) in [5.41, 5.74) is 3.55. The van der Waals surface area contributed by atoms with Crippen molar-refractivity contribution in [2.24, 2.45) is 0 Å². The first-order valence-electron chi connectivity index (χ1n) is 3.75. The summed E-state index contributed by atoms with van der Waals surface area (Å²) in [5, 5.41) is 9.62. The van der Waals surface area contributed by atoms with Crippen LogP contribution in [-0.2, 0) is 5.75 Å². The predicted octanol–water partition coefficient (Wildman–Crippen LogP) is 2.73. The van der Waals surface area contributed by atoms with Crippen molar-refractivity contribution in [1.29, 1.82) is 0 Å². The van der Waals surface area contributed by atoms with Gasteiger partial charge in [-0.2, -0.15) is 12.6 Å². The number of pyridine rings is 1. The predicted molar refractivity (Wildman–Crippen MR) is 58.2 cm³/mol. The van der Waals surface area contributed by atoms with E-state index < -0.39 is 0 Å². The van der Waals surface area contributed by atoms with Gasteiger partial charge in [0.25, 0.3) is 0 Å². The zero-order valence-electron chi connectivity index (χ0n) is 7.16. The summed E-state index contributed by atoms with van der Waals surface area (Å²) in [4.78, 5) is 4.01. The highest BCUT2D eigenvalue weighted by Gasteiger charge is 2.07. The second kappa shape index (κ2) is 4.53. The third-order valence-corrected chi connectivity index (χ3v) is 2.22. The fourth-order valence-corrected chi connectivity index (χ4v) is 1.51. The number of nitrogens with zero attached hydrogens (tertiary/aromatic N) is 1. The third-order valence-electron chi connectivity index (χ3n) is 1.77. The highest BCUT2D eigenvalue weighted by atomic mass is 35.5. The molecule has 0 spiro atoms. The average molecular weight is 216 g/mol. The topological polar surface area (TPSA) is 33.1 Å². The van der Waals surface area contributed by atoms with Gasteiger partial charge < -0.3 is 5.11 Å². The van der Waals surface area contributed by atoms with Gasteiger partial charge in [-0.1, -0.05) is 11.6 Å². The molecular weight excluding hydrogens is 206 g/mol. The van der Waals surface area contributed by atoms with Crippen molar-refractivity contribution in [1.82, 2.24) is 4.98 Å². The summed E-state index contributed by atoms with van der Waals surface area (Å²) in [6.07, 6.45) is 3.35. The number of aromatic hydroxyl groups is 1. The van der Waals surface area contributed by atoms with Crippen LogP contribution in [0.5, 0.6) is 5.75 Å². The van der Waals surface area contributed by atoms with Crippen LogP contribution >= 0.6 is 24.2 Å². The van der Waals surface area contributed by atoms with Gasteiger partial charge in [0.15, 0.2) is 0 Å². The third kappa shape index (κ3) is 2.17. The standard InChI is InChI=1S/C9H10ClNOS/c1-6-9(12)8(5-13)7(2-3-10)4-11-6/h2-4,12-13H,5H2,1H3/b3-2+. The lowest BCUT2D eigenvalue weighted by Crippen LogP contribution is -1.91. The largest absolute Gasteiger partial charge is 0.506 e. The molecule has 1 heterocycles. The molecule has 13 heavy (non-hydrogen) atoms. The number of hydrogen-bond acceptors (Lipinski definition) is 3. The van der Waals surface area contributed by atoms with Crippen LogP contribution in [0, 0.1) is 6.92 Å². The van der Waals surface area contributed by atoms with E-state index in [0.717, 1.165) is 11.1 Å². The van der Waals surface area contributed by atoms with Gasteiger partial charge in [-0.05, 0) is 13.0 Å². The van der Waals surface area contributed by atoms with E-state index in [-0.39, 0.29) is 5.75 Å². The van der Waals surface area contributed by atoms with Crippen LogP contribution in [0.2, 0.25) is 0 Å². The van der Waals surface area contributed by atoms with E-state index in [4.69, 9.17) is 11.6 Å². The van der Waals surface area contributed by atoms with Crippen LogP contribution in [0.25, 0.3) is 6.08 Å². The summed E-state index contributed by atoms with van der Waals surface area (Å²) >= 11 is 9.57. The molecule has 0 unspecified atom stereocenters. The Balaban J connectivity index is 3.29. The molecule has 2 nitrogen and oxygen atoms in total. The van der Waals surface area contributed by atoms with Gasteiger partial charge in [-0.15, -0.1) is 0 Å². The molecule has 0 aliphatic carbocycles. The minimum atomic E-state index is 0.197. The van der Waals surface area contributed by atoms with Gasteiger partial charge in [-0.3, -0.25) is 4.98 Å². The summed E-state index contributed by atoms with van der Waals surface area (Å²) in [5.74, 6) is 0.661. The minimum Gasteiger partial charge on any atom is -0.506 e. The number of aromatic nitrogens is 1. The van der Waals surface area contributed by atoms with Crippen LogP contribution in [-0.4, -0.2) is 10.1 Å². The van der Waals surface area contributed by atoms with E-state index in [2.05, 4.69) is 17.6 Å². The molecule has 70 valence electrons. The van der Waals surface area contributed by atoms with Gasteiger partial charge in [0.05, 0.1) is 5.69 Å². The maximum Gasteiger partial charge on any atom is 0.141 e. The van der Waals surface area contributed by atoms with Gasteiger partial charge >= 0.3 is 0 Å². The summed E-state index contributed by atoms with van der Waals surface area (Å²) < 4.78 is 0. The monoisotopic (exact) mass is 215 g/mol. The van der Waals surface area contributed by atoms with Gasteiger partial charge in [0.2, 0.25) is 0 Å². The molecular formula is C9H10ClNOS. The second-order valence-electron chi connectivity index (χ2n) is 2.58. The van der Waals surface area contributed by atoms with Gasteiger partial charge in [0, 0.05) is 28.6 Å². The van der Waals surface area contributed by atoms with Crippen molar-refractivity contribution in [3.05, 3.63) is 28.6 Å². The molecule has 1 rings (SSSR count). The quantitative estimate of drug-likeness (QED) is 0.744. The number of halogens is 1. The summed E-state index contributed by atoms with van der Waals surface area (Å²) in [7, 11) is 0. The Morgan fingerprint density at radius 2 is 2.38 bits per heavy atom. The molecule has 0 aliphatic rings. The van der Waals surface area contributed by atoms with Gasteiger partial charge in [0.1, 0.15) is 5.75 Å². The molecule has 1 aromatic heterocycles. The first kappa shape index (κ1) is 10.4. The van der Waals surface area contributed by atoms with E-state index >= 15 is 0 Å². The van der Waals surface area contributed by atoms with Crippen molar-refractivity contribution in [3.63, 3.8) is 0 Å². The maximum atomic E-state index is 9.62. The van der Waals surface area contributed by atoms with Crippen LogP contribution in [0.4, 0.5) is 0 Å². The number of hydrogen-bond donors (Lipinski definition) is 2. The van der Waals surface area contributed by atoms with Crippen LogP contribution < -0.4 is 0 Å². The molecule has 1 aromatic rings. The first-order valence-corrected chi connectivity index (χ1v) is 4.82. The smallest absolute Gasteiger partial charge is 0.141 e. The van der Waals surface area contributed by atoms with Crippen molar-refractivity contribution in [3.8, 4) is 5.75 Å². The van der Waals surface area contributed by atoms with Crippen molar-refractivity contribution < 1.29 is 5.11 Å². The second-order valence-corrected chi connectivity index (χ2v) is 3.15. The maximum absolute atomic E-state index is 9.62. The van der Waals surface area contributed by atoms with Crippen LogP contribution in [0.3, 0.4) is 0 Å². The van der Waals surface area contributed by atoms with E-state index in [1.807, 2.05) is 0 Å². The Labute approximate surface area is 87.7 Å². The fraction of sp³-hybridized carbons (Fsp3) is 0.222. The molecule has 1 N–H and O–H groups in total. The molecule has 0 aromatic carbocycles. The molecule has 0 saturated carbocycles. The molecule has 0 amide bonds. The Bertz CT molecular complexity index is 339. The number of aryl methyl sites for hydroxylation is 1. The highest BCUT2D eigenvalue weighted by Crippen LogP contribution is 2.26. The van der Waals surface area contributed by atoms with Crippen LogP contribution in [0.15, 0.2) is 11.7 Å². The van der Waals surface area contributed by atoms with E-state index in [9.17, 15) is 5.11 Å². The summed E-state index contributed by atoms with van der Waals surface area (Å²) in [6.45, 7) is 1.75. The molecule has 0 aliphatic heterocycles. The zero-order chi connectivity index (χ0) is 9.84. The summed E-state index contributed by atoms with van der Waals surface area (Å²) in [6, 6.07) is 0. The van der Waals surface area contributed by atoms with Crippen molar-refractivity contribution >= 4 is 30.3 Å². The molecule has 0 bridgehead atoms. The van der Waals surface area contributed by atoms with E-state index in [0.29, 0.717) is 11.4 Å². The number of rotatable bonds is 2. The molecule has 0 fully saturated rings. The highest BCUT2D eigenvalue weighted by molar-refractivity contribution is 7.79. The Morgan fingerprint density at radius 3 is 2.92 bits per heavy atom. The fourth-order valence-electron chi connectivity index (χ4n) is 1.04. The SMILES string of the molecule is Cc1ncc(/C=C/Cl)c(CS)c1O. The molecule has 0 atom stereocenters. The normalized spacial score (nSPS) is 11.0. The molecule has 4 heteroatoms. The molecule has 0 saturated heterocycles. The minimum absolute atomic E-state index is 0.197. The van der Waals surface area contributed by atoms with E-state index in [1.165, 1.54) is 5.54 Å². The average Bonchev–Trinajstić information content (AvgIpc) is 2.12. The Hall–Kier alpha value is -0.670. The Kier molecular flexibility index (Phi) is 3.63. The lowest BCUT2D eigenvalue weighted by atomic mass is 10.1. The van der Waals surface area contributed by atoms with Crippen LogP contribution in [0.1, 0.15) is 16.8 Å². The van der Waals surface area contributed by atoms with Gasteiger partial charge in [-0.25, -0.2) is 0 Å². The van der Waals surface area contributed by atoms with Crippen molar-refractivity contribution in [2.75, 3.05) is 0 Å². The lowest BCUT2D eigenvalue weighted by molar-refractivity contribution is 0.462. The van der Waals surface area contributed by atoms with E-state index in [1.54, 1.807) is 19.2 Å². The number of thiol groups is 1. The zero-order valence-corrected chi connectivity index (χ0v) is 8.81. The molecule has 0 radical (unpaired) electrons. The Morgan fingerprint density at radius 1 is 1.69 bits per heavy atom. The van der Waals surface area contributed by atoms with Crippen molar-refractivity contribution in [2.45, 2.75) is 12.7 Å².